The lowest BCUT2D eigenvalue weighted by molar-refractivity contribution is 0.413. The second kappa shape index (κ2) is 6.91. The molecular weight excluding hydrogens is 332 g/mol. The minimum atomic E-state index is -0.273. The van der Waals surface area contributed by atoms with Gasteiger partial charge < -0.3 is 14.5 Å². The van der Waals surface area contributed by atoms with E-state index in [1.165, 1.54) is 10.9 Å². The Morgan fingerprint density at radius 2 is 1.81 bits per heavy atom. The van der Waals surface area contributed by atoms with Gasteiger partial charge in [-0.25, -0.2) is 19.4 Å². The van der Waals surface area contributed by atoms with Crippen molar-refractivity contribution in [1.29, 1.82) is 0 Å². The van der Waals surface area contributed by atoms with Gasteiger partial charge in [-0.15, -0.1) is 0 Å². The van der Waals surface area contributed by atoms with Crippen molar-refractivity contribution in [2.45, 2.75) is 0 Å². The van der Waals surface area contributed by atoms with Crippen LogP contribution in [-0.4, -0.2) is 53.0 Å². The zero-order chi connectivity index (χ0) is 17.9. The maximum absolute atomic E-state index is 11.6. The molecule has 134 valence electrons. The Hall–Kier alpha value is -3.29. The van der Waals surface area contributed by atoms with Crippen molar-refractivity contribution in [3.8, 4) is 11.4 Å². The van der Waals surface area contributed by atoms with Gasteiger partial charge in [-0.05, 0) is 24.3 Å². The largest absolute Gasteiger partial charge is 0.495 e. The lowest BCUT2D eigenvalue weighted by atomic mass is 10.2. The van der Waals surface area contributed by atoms with E-state index in [0.717, 1.165) is 43.4 Å². The van der Waals surface area contributed by atoms with Crippen LogP contribution in [0.3, 0.4) is 0 Å². The molecule has 8 nitrogen and oxygen atoms in total. The first-order valence-corrected chi connectivity index (χ1v) is 8.47. The molecule has 2 aromatic heterocycles. The number of H-pyrrole nitrogens is 1. The summed E-state index contributed by atoms with van der Waals surface area (Å²) in [5.41, 5.74) is 1.54. The number of rotatable bonds is 4. The van der Waals surface area contributed by atoms with E-state index >= 15 is 0 Å². The summed E-state index contributed by atoms with van der Waals surface area (Å²) in [5, 5.41) is 6.11. The first kappa shape index (κ1) is 16.2. The van der Waals surface area contributed by atoms with Gasteiger partial charge in [0.15, 0.2) is 0 Å². The van der Waals surface area contributed by atoms with Crippen LogP contribution in [0.1, 0.15) is 0 Å². The monoisotopic (exact) mass is 352 g/mol. The maximum atomic E-state index is 11.6. The van der Waals surface area contributed by atoms with Gasteiger partial charge >= 0.3 is 5.69 Å². The summed E-state index contributed by atoms with van der Waals surface area (Å²) < 4.78 is 6.89. The van der Waals surface area contributed by atoms with Crippen LogP contribution in [0.4, 0.5) is 11.5 Å². The molecule has 1 fully saturated rings. The van der Waals surface area contributed by atoms with Crippen molar-refractivity contribution in [3.63, 3.8) is 0 Å². The van der Waals surface area contributed by atoms with Gasteiger partial charge in [-0.2, -0.15) is 5.10 Å². The van der Waals surface area contributed by atoms with Crippen LogP contribution in [0.25, 0.3) is 5.69 Å². The summed E-state index contributed by atoms with van der Waals surface area (Å²) in [6, 6.07) is 11.9. The van der Waals surface area contributed by atoms with Gasteiger partial charge in [0.1, 0.15) is 17.9 Å². The SMILES string of the molecule is COc1ccccc1N1CCN(c2ccc(-n3cn[nH]c3=O)cn2)CC1. The molecule has 8 heteroatoms. The van der Waals surface area contributed by atoms with E-state index in [-0.39, 0.29) is 5.69 Å². The molecule has 0 amide bonds. The van der Waals surface area contributed by atoms with Gasteiger partial charge in [-0.3, -0.25) is 0 Å². The van der Waals surface area contributed by atoms with Crippen LogP contribution in [0.5, 0.6) is 5.75 Å². The molecule has 0 bridgehead atoms. The highest BCUT2D eigenvalue weighted by molar-refractivity contribution is 5.59. The van der Waals surface area contributed by atoms with Crippen molar-refractivity contribution in [3.05, 3.63) is 59.4 Å². The number of piperazine rings is 1. The van der Waals surface area contributed by atoms with Crippen LogP contribution in [-0.2, 0) is 0 Å². The van der Waals surface area contributed by atoms with E-state index in [9.17, 15) is 4.79 Å². The fourth-order valence-corrected chi connectivity index (χ4v) is 3.21. The van der Waals surface area contributed by atoms with Crippen LogP contribution in [0.2, 0.25) is 0 Å². The number of nitrogens with one attached hydrogen (secondary N) is 1. The van der Waals surface area contributed by atoms with Crippen LogP contribution < -0.4 is 20.2 Å². The number of hydrogen-bond donors (Lipinski definition) is 1. The van der Waals surface area contributed by atoms with Gasteiger partial charge in [0.25, 0.3) is 0 Å². The topological polar surface area (TPSA) is 79.3 Å². The zero-order valence-electron chi connectivity index (χ0n) is 14.5. The Bertz CT molecular complexity index is 925. The number of aromatic nitrogens is 4. The Kier molecular flexibility index (Phi) is 4.30. The highest BCUT2D eigenvalue weighted by atomic mass is 16.5. The predicted octanol–water partition coefficient (Wildman–Crippen LogP) is 1.29. The second-order valence-electron chi connectivity index (χ2n) is 6.05. The molecule has 3 heterocycles. The van der Waals surface area contributed by atoms with Crippen LogP contribution >= 0.6 is 0 Å². The summed E-state index contributed by atoms with van der Waals surface area (Å²) in [4.78, 5) is 20.7. The molecule has 1 aliphatic heterocycles. The van der Waals surface area contributed by atoms with Crippen LogP contribution in [0, 0.1) is 0 Å². The fraction of sp³-hybridized carbons (Fsp3) is 0.278. The number of ether oxygens (including phenoxy) is 1. The average Bonchev–Trinajstić information content (AvgIpc) is 3.14. The number of hydrogen-bond acceptors (Lipinski definition) is 6. The van der Waals surface area contributed by atoms with E-state index in [0.29, 0.717) is 5.69 Å². The fourth-order valence-electron chi connectivity index (χ4n) is 3.21. The standard InChI is InChI=1S/C18H20N6O2/c1-26-16-5-3-2-4-15(16)22-8-10-23(11-9-22)17-7-6-14(12-19-17)24-13-20-21-18(24)25/h2-7,12-13H,8-11H2,1H3,(H,21,25). The number of pyridine rings is 1. The smallest absolute Gasteiger partial charge is 0.347 e. The summed E-state index contributed by atoms with van der Waals surface area (Å²) >= 11 is 0. The third kappa shape index (κ3) is 3.01. The van der Waals surface area contributed by atoms with Crippen molar-refractivity contribution >= 4 is 11.5 Å². The van der Waals surface area contributed by atoms with Crippen LogP contribution in [0.15, 0.2) is 53.7 Å². The molecule has 0 radical (unpaired) electrons. The Morgan fingerprint density at radius 1 is 1.04 bits per heavy atom. The molecule has 0 aliphatic carbocycles. The van der Waals surface area contributed by atoms with E-state index in [2.05, 4.69) is 31.0 Å². The lowest BCUT2D eigenvalue weighted by Crippen LogP contribution is -2.46. The molecule has 0 atom stereocenters. The van der Waals surface area contributed by atoms with Crippen molar-refractivity contribution in [2.24, 2.45) is 0 Å². The number of aromatic amines is 1. The number of anilines is 2. The quantitative estimate of drug-likeness (QED) is 0.762. The Balaban J connectivity index is 1.45. The predicted molar refractivity (Wildman–Crippen MR) is 99.4 cm³/mol. The van der Waals surface area contributed by atoms with Gasteiger partial charge in [-0.1, -0.05) is 12.1 Å². The number of benzene rings is 1. The first-order valence-electron chi connectivity index (χ1n) is 8.47. The summed E-state index contributed by atoms with van der Waals surface area (Å²) in [6.45, 7) is 3.53. The first-order chi connectivity index (χ1) is 12.8. The number of para-hydroxylation sites is 2. The van der Waals surface area contributed by atoms with Crippen molar-refractivity contribution in [2.75, 3.05) is 43.1 Å². The molecule has 0 saturated carbocycles. The van der Waals surface area contributed by atoms with E-state index in [4.69, 9.17) is 4.74 Å². The molecule has 1 saturated heterocycles. The van der Waals surface area contributed by atoms with E-state index in [1.54, 1.807) is 13.3 Å². The highest BCUT2D eigenvalue weighted by Crippen LogP contribution is 2.29. The third-order valence-electron chi connectivity index (χ3n) is 4.59. The van der Waals surface area contributed by atoms with Gasteiger partial charge in [0, 0.05) is 26.2 Å². The molecular formula is C18H20N6O2. The molecule has 4 rings (SSSR count). The molecule has 1 aromatic carbocycles. The minimum Gasteiger partial charge on any atom is -0.495 e. The third-order valence-corrected chi connectivity index (χ3v) is 4.59. The lowest BCUT2D eigenvalue weighted by Gasteiger charge is -2.37. The highest BCUT2D eigenvalue weighted by Gasteiger charge is 2.20. The van der Waals surface area contributed by atoms with Crippen molar-refractivity contribution in [1.82, 2.24) is 19.7 Å². The summed E-state index contributed by atoms with van der Waals surface area (Å²) in [5.74, 6) is 1.80. The number of methoxy groups -OCH3 is 1. The van der Waals surface area contributed by atoms with E-state index < -0.39 is 0 Å². The van der Waals surface area contributed by atoms with E-state index in [1.807, 2.05) is 30.3 Å². The van der Waals surface area contributed by atoms with Gasteiger partial charge in [0.05, 0.1) is 24.7 Å². The second-order valence-corrected chi connectivity index (χ2v) is 6.05. The molecule has 26 heavy (non-hydrogen) atoms. The molecule has 0 unspecified atom stereocenters. The normalized spacial score (nSPS) is 14.5. The minimum absolute atomic E-state index is 0.273. The molecule has 1 aliphatic rings. The molecule has 1 N–H and O–H groups in total. The zero-order valence-corrected chi connectivity index (χ0v) is 14.5. The summed E-state index contributed by atoms with van der Waals surface area (Å²) in [7, 11) is 1.70. The Labute approximate surface area is 150 Å². The Morgan fingerprint density at radius 3 is 2.46 bits per heavy atom. The molecule has 0 spiro atoms. The molecule has 3 aromatic rings. The van der Waals surface area contributed by atoms with Crippen molar-refractivity contribution < 1.29 is 4.74 Å². The summed E-state index contributed by atoms with van der Waals surface area (Å²) in [6.07, 6.45) is 3.14. The van der Waals surface area contributed by atoms with Gasteiger partial charge in [0.2, 0.25) is 0 Å². The maximum Gasteiger partial charge on any atom is 0.347 e. The average molecular weight is 352 g/mol. The number of nitrogens with zero attached hydrogens (tertiary/aromatic N) is 5.